The second-order valence-electron chi connectivity index (χ2n) is 4.53. The molecule has 0 unspecified atom stereocenters. The van der Waals surface area contributed by atoms with Crippen LogP contribution in [0.3, 0.4) is 0 Å². The summed E-state index contributed by atoms with van der Waals surface area (Å²) in [5.74, 6) is 1.34. The first-order valence-electron chi connectivity index (χ1n) is 6.06. The van der Waals surface area contributed by atoms with Gasteiger partial charge >= 0.3 is 0 Å². The van der Waals surface area contributed by atoms with Crippen molar-refractivity contribution in [1.29, 1.82) is 0 Å². The molecular weight excluding hydrogens is 283 g/mol. The topological polar surface area (TPSA) is 27.1 Å². The maximum Gasteiger partial charge on any atom is 0.144 e. The standard InChI is InChI=1S/C14H16Cl2N2O/c1-9(2)13-10(8-15)14(16)18(17-13)11-6-4-5-7-12(11)19-3/h4-7,9H,8H2,1-3H3. The number of ether oxygens (including phenoxy) is 1. The van der Waals surface area contributed by atoms with E-state index < -0.39 is 0 Å². The molecule has 0 aliphatic heterocycles. The van der Waals surface area contributed by atoms with Gasteiger partial charge in [0.2, 0.25) is 0 Å². The van der Waals surface area contributed by atoms with Gasteiger partial charge in [-0.1, -0.05) is 37.6 Å². The minimum Gasteiger partial charge on any atom is -0.494 e. The second kappa shape index (κ2) is 5.85. The number of rotatable bonds is 4. The third kappa shape index (κ3) is 2.58. The van der Waals surface area contributed by atoms with Crippen LogP contribution >= 0.6 is 23.2 Å². The van der Waals surface area contributed by atoms with Crippen molar-refractivity contribution in [1.82, 2.24) is 9.78 Å². The number of hydrogen-bond acceptors (Lipinski definition) is 2. The molecule has 0 bridgehead atoms. The molecule has 0 radical (unpaired) electrons. The van der Waals surface area contributed by atoms with Crippen LogP contribution in [0, 0.1) is 0 Å². The number of halogens is 2. The summed E-state index contributed by atoms with van der Waals surface area (Å²) in [4.78, 5) is 0. The molecule has 1 aromatic carbocycles. The molecule has 0 N–H and O–H groups in total. The zero-order valence-corrected chi connectivity index (χ0v) is 12.7. The van der Waals surface area contributed by atoms with Crippen LogP contribution in [-0.2, 0) is 5.88 Å². The van der Waals surface area contributed by atoms with Crippen LogP contribution in [0.15, 0.2) is 24.3 Å². The molecule has 0 amide bonds. The molecule has 0 atom stereocenters. The lowest BCUT2D eigenvalue weighted by atomic mass is 10.1. The van der Waals surface area contributed by atoms with Crippen molar-refractivity contribution >= 4 is 23.2 Å². The highest BCUT2D eigenvalue weighted by atomic mass is 35.5. The monoisotopic (exact) mass is 298 g/mol. The Morgan fingerprint density at radius 1 is 1.32 bits per heavy atom. The van der Waals surface area contributed by atoms with E-state index in [0.29, 0.717) is 11.0 Å². The summed E-state index contributed by atoms with van der Waals surface area (Å²) in [6.07, 6.45) is 0. The molecule has 1 aromatic heterocycles. The van der Waals surface area contributed by atoms with Crippen molar-refractivity contribution in [3.63, 3.8) is 0 Å². The fraction of sp³-hybridized carbons (Fsp3) is 0.357. The lowest BCUT2D eigenvalue weighted by molar-refractivity contribution is 0.411. The van der Waals surface area contributed by atoms with E-state index in [-0.39, 0.29) is 5.92 Å². The molecule has 102 valence electrons. The summed E-state index contributed by atoms with van der Waals surface area (Å²) >= 11 is 12.4. The van der Waals surface area contributed by atoms with E-state index in [2.05, 4.69) is 18.9 Å². The number of benzene rings is 1. The summed E-state index contributed by atoms with van der Waals surface area (Å²) < 4.78 is 7.03. The van der Waals surface area contributed by atoms with Crippen molar-refractivity contribution in [2.45, 2.75) is 25.6 Å². The Balaban J connectivity index is 2.63. The number of hydrogen-bond donors (Lipinski definition) is 0. The molecular formula is C14H16Cl2N2O. The largest absolute Gasteiger partial charge is 0.494 e. The quantitative estimate of drug-likeness (QED) is 0.783. The second-order valence-corrected chi connectivity index (χ2v) is 5.15. The molecule has 0 saturated carbocycles. The first-order valence-corrected chi connectivity index (χ1v) is 6.98. The molecule has 2 aromatic rings. The summed E-state index contributed by atoms with van der Waals surface area (Å²) in [6, 6.07) is 7.62. The molecule has 0 saturated heterocycles. The molecule has 0 spiro atoms. The Bertz CT molecular complexity index is 579. The van der Waals surface area contributed by atoms with Crippen molar-refractivity contribution in [2.75, 3.05) is 7.11 Å². The minimum atomic E-state index is 0.266. The molecule has 1 heterocycles. The van der Waals surface area contributed by atoms with Crippen LogP contribution in [0.25, 0.3) is 5.69 Å². The van der Waals surface area contributed by atoms with Crippen molar-refractivity contribution in [2.24, 2.45) is 0 Å². The fourth-order valence-electron chi connectivity index (χ4n) is 2.00. The lowest BCUT2D eigenvalue weighted by Gasteiger charge is -2.08. The zero-order valence-electron chi connectivity index (χ0n) is 11.2. The number of alkyl halides is 1. The van der Waals surface area contributed by atoms with Gasteiger partial charge in [-0.25, -0.2) is 4.68 Å². The minimum absolute atomic E-state index is 0.266. The summed E-state index contributed by atoms with van der Waals surface area (Å²) in [7, 11) is 1.63. The predicted octanol–water partition coefficient (Wildman–Crippen LogP) is 4.40. The molecule has 0 fully saturated rings. The van der Waals surface area contributed by atoms with Gasteiger partial charge in [0, 0.05) is 5.56 Å². The van der Waals surface area contributed by atoms with Crippen LogP contribution in [0.1, 0.15) is 31.0 Å². The maximum absolute atomic E-state index is 6.40. The van der Waals surface area contributed by atoms with E-state index >= 15 is 0 Å². The summed E-state index contributed by atoms with van der Waals surface area (Å²) in [5, 5.41) is 5.12. The van der Waals surface area contributed by atoms with Gasteiger partial charge in [-0.2, -0.15) is 5.10 Å². The van der Waals surface area contributed by atoms with E-state index in [1.807, 2.05) is 24.3 Å². The smallest absolute Gasteiger partial charge is 0.144 e. The van der Waals surface area contributed by atoms with Gasteiger partial charge in [0.1, 0.15) is 16.6 Å². The molecule has 2 rings (SSSR count). The van der Waals surface area contributed by atoms with E-state index in [1.54, 1.807) is 11.8 Å². The fourth-order valence-corrected chi connectivity index (χ4v) is 2.62. The normalized spacial score (nSPS) is 11.1. The third-order valence-electron chi connectivity index (χ3n) is 2.95. The van der Waals surface area contributed by atoms with Gasteiger partial charge < -0.3 is 4.74 Å². The zero-order chi connectivity index (χ0) is 14.0. The van der Waals surface area contributed by atoms with Gasteiger partial charge in [-0.15, -0.1) is 11.6 Å². The van der Waals surface area contributed by atoms with Crippen molar-refractivity contribution < 1.29 is 4.74 Å². The van der Waals surface area contributed by atoms with Gasteiger partial charge in [0.05, 0.1) is 18.7 Å². The third-order valence-corrected chi connectivity index (χ3v) is 3.60. The molecule has 0 aliphatic carbocycles. The van der Waals surface area contributed by atoms with Crippen LogP contribution in [0.4, 0.5) is 0 Å². The highest BCUT2D eigenvalue weighted by Crippen LogP contribution is 2.32. The van der Waals surface area contributed by atoms with E-state index in [9.17, 15) is 0 Å². The van der Waals surface area contributed by atoms with Gasteiger partial charge in [0.15, 0.2) is 0 Å². The predicted molar refractivity (Wildman–Crippen MR) is 78.8 cm³/mol. The Hall–Kier alpha value is -1.19. The average Bonchev–Trinajstić information content (AvgIpc) is 2.75. The van der Waals surface area contributed by atoms with Gasteiger partial charge in [0.25, 0.3) is 0 Å². The summed E-state index contributed by atoms with van der Waals surface area (Å²) in [5.41, 5.74) is 2.61. The maximum atomic E-state index is 6.40. The van der Waals surface area contributed by atoms with E-state index in [0.717, 1.165) is 22.7 Å². The molecule has 0 aliphatic rings. The molecule has 5 heteroatoms. The van der Waals surface area contributed by atoms with Crippen LogP contribution in [0.5, 0.6) is 5.75 Å². The van der Waals surface area contributed by atoms with Crippen LogP contribution in [0.2, 0.25) is 5.15 Å². The lowest BCUT2D eigenvalue weighted by Crippen LogP contribution is -2.01. The highest BCUT2D eigenvalue weighted by molar-refractivity contribution is 6.31. The first-order chi connectivity index (χ1) is 9.10. The number of nitrogens with zero attached hydrogens (tertiary/aromatic N) is 2. The van der Waals surface area contributed by atoms with Crippen molar-refractivity contribution in [3.05, 3.63) is 40.7 Å². The Labute approximate surface area is 123 Å². The molecule has 19 heavy (non-hydrogen) atoms. The van der Waals surface area contributed by atoms with Crippen molar-refractivity contribution in [3.8, 4) is 11.4 Å². The highest BCUT2D eigenvalue weighted by Gasteiger charge is 2.20. The average molecular weight is 299 g/mol. The number of aromatic nitrogens is 2. The Morgan fingerprint density at radius 3 is 2.53 bits per heavy atom. The van der Waals surface area contributed by atoms with Gasteiger partial charge in [-0.3, -0.25) is 0 Å². The SMILES string of the molecule is COc1ccccc1-n1nc(C(C)C)c(CCl)c1Cl. The molecule has 3 nitrogen and oxygen atoms in total. The van der Waals surface area contributed by atoms with Crippen LogP contribution < -0.4 is 4.74 Å². The van der Waals surface area contributed by atoms with Gasteiger partial charge in [-0.05, 0) is 18.1 Å². The first kappa shape index (κ1) is 14.2. The number of para-hydroxylation sites is 2. The Morgan fingerprint density at radius 2 is 2.00 bits per heavy atom. The van der Waals surface area contributed by atoms with Crippen LogP contribution in [-0.4, -0.2) is 16.9 Å². The Kier molecular flexibility index (Phi) is 4.38. The van der Waals surface area contributed by atoms with E-state index in [1.165, 1.54) is 0 Å². The summed E-state index contributed by atoms with van der Waals surface area (Å²) in [6.45, 7) is 4.14. The number of methoxy groups -OCH3 is 1. The van der Waals surface area contributed by atoms with E-state index in [4.69, 9.17) is 27.9 Å².